The Bertz CT molecular complexity index is 363. The van der Waals surface area contributed by atoms with Gasteiger partial charge in [-0.05, 0) is 47.5 Å². The molecule has 4 nitrogen and oxygen atoms in total. The summed E-state index contributed by atoms with van der Waals surface area (Å²) >= 11 is 0. The van der Waals surface area contributed by atoms with Crippen LogP contribution >= 0.6 is 0 Å². The zero-order valence-corrected chi connectivity index (χ0v) is 15.3. The number of carbonyl (C=O) groups is 1. The second kappa shape index (κ2) is 6.35. The van der Waals surface area contributed by atoms with E-state index in [0.29, 0.717) is 12.8 Å². The van der Waals surface area contributed by atoms with E-state index in [2.05, 4.69) is 0 Å². The number of carbonyl (C=O) groups excluding carboxylic acids is 1. The lowest BCUT2D eigenvalue weighted by atomic mass is 9.66. The zero-order valence-electron chi connectivity index (χ0n) is 15.3. The smallest absolute Gasteiger partial charge is 0.152 e. The molecule has 0 aromatic rings. The van der Waals surface area contributed by atoms with Crippen molar-refractivity contribution in [3.63, 3.8) is 0 Å². The Morgan fingerprint density at radius 1 is 1.00 bits per heavy atom. The molecule has 0 aliphatic carbocycles. The minimum absolute atomic E-state index is 0.177. The molecule has 0 fully saturated rings. The summed E-state index contributed by atoms with van der Waals surface area (Å²) in [7, 11) is 0. The number of rotatable bonds is 8. The van der Waals surface area contributed by atoms with Gasteiger partial charge in [0, 0.05) is 16.4 Å². The predicted molar refractivity (Wildman–Crippen MR) is 86.9 cm³/mol. The molecule has 0 aromatic heterocycles. The first-order valence-corrected chi connectivity index (χ1v) is 7.68. The van der Waals surface area contributed by atoms with Gasteiger partial charge in [0.05, 0.1) is 5.60 Å². The summed E-state index contributed by atoms with van der Waals surface area (Å²) in [5.74, 6) is 0.177. The van der Waals surface area contributed by atoms with Gasteiger partial charge in [-0.3, -0.25) is 4.79 Å². The van der Waals surface area contributed by atoms with Crippen LogP contribution in [-0.4, -0.2) is 28.3 Å². The van der Waals surface area contributed by atoms with Gasteiger partial charge in [0.2, 0.25) is 0 Å². The van der Waals surface area contributed by atoms with Gasteiger partial charge < -0.3 is 15.6 Å². The van der Waals surface area contributed by atoms with Crippen LogP contribution in [0.3, 0.4) is 0 Å². The van der Waals surface area contributed by atoms with Crippen LogP contribution < -0.4 is 5.73 Å². The molecule has 0 aliphatic heterocycles. The van der Waals surface area contributed by atoms with Gasteiger partial charge in [0.1, 0.15) is 5.78 Å². The Balaban J connectivity index is 5.10. The van der Waals surface area contributed by atoms with Gasteiger partial charge in [-0.15, -0.1) is 0 Å². The number of nitrogens with two attached hydrogens (primary N) is 1. The molecule has 0 bridgehead atoms. The number of Topliss-reactive ketones (excluding diaryl/α,β-unsaturated/α-hetero) is 1. The van der Waals surface area contributed by atoms with E-state index in [1.54, 1.807) is 6.92 Å². The topological polar surface area (TPSA) is 72.5 Å². The summed E-state index contributed by atoms with van der Waals surface area (Å²) in [4.78, 5) is 13.0. The van der Waals surface area contributed by atoms with Gasteiger partial charge in [-0.1, -0.05) is 27.7 Å². The van der Waals surface area contributed by atoms with E-state index in [-0.39, 0.29) is 11.3 Å². The first-order valence-electron chi connectivity index (χ1n) is 7.68. The maximum Gasteiger partial charge on any atom is 0.152 e. The molecular weight excluding hydrogens is 266 g/mol. The fourth-order valence-corrected chi connectivity index (χ4v) is 3.78. The standard InChI is InChI=1S/C17H35NO3/c1-12(19)21-17(8,9)11-15(4,5)13(20)14(2,3)10-16(6,7)18/h12,19H,10-11,18H2,1-9H3. The monoisotopic (exact) mass is 301 g/mol. The van der Waals surface area contributed by atoms with Crippen LogP contribution in [0.5, 0.6) is 0 Å². The van der Waals surface area contributed by atoms with Gasteiger partial charge in [-0.2, -0.15) is 0 Å². The van der Waals surface area contributed by atoms with Crippen molar-refractivity contribution in [1.29, 1.82) is 0 Å². The average molecular weight is 301 g/mol. The quantitative estimate of drug-likeness (QED) is 0.675. The Hall–Kier alpha value is -0.450. The summed E-state index contributed by atoms with van der Waals surface area (Å²) < 4.78 is 5.52. The molecule has 0 saturated carbocycles. The average Bonchev–Trinajstić information content (AvgIpc) is 2.07. The van der Waals surface area contributed by atoms with E-state index in [1.807, 2.05) is 55.4 Å². The molecule has 0 aromatic carbocycles. The Labute approximate surface area is 130 Å². The molecule has 0 amide bonds. The fourth-order valence-electron chi connectivity index (χ4n) is 3.78. The molecule has 0 heterocycles. The predicted octanol–water partition coefficient (Wildman–Crippen LogP) is 3.26. The molecule has 4 heteroatoms. The molecule has 0 aliphatic rings. The van der Waals surface area contributed by atoms with Gasteiger partial charge in [0.15, 0.2) is 6.29 Å². The largest absolute Gasteiger partial charge is 0.368 e. The maximum absolute atomic E-state index is 13.0. The van der Waals surface area contributed by atoms with E-state index in [1.165, 1.54) is 0 Å². The van der Waals surface area contributed by atoms with Crippen molar-refractivity contribution in [3.05, 3.63) is 0 Å². The van der Waals surface area contributed by atoms with Crippen LogP contribution in [0.1, 0.15) is 75.2 Å². The number of ether oxygens (including phenoxy) is 1. The van der Waals surface area contributed by atoms with Crippen LogP contribution in [0.4, 0.5) is 0 Å². The van der Waals surface area contributed by atoms with E-state index < -0.39 is 22.7 Å². The van der Waals surface area contributed by atoms with Crippen molar-refractivity contribution >= 4 is 5.78 Å². The molecule has 126 valence electrons. The Morgan fingerprint density at radius 3 is 1.71 bits per heavy atom. The molecule has 3 N–H and O–H groups in total. The number of ketones is 1. The summed E-state index contributed by atoms with van der Waals surface area (Å²) in [5, 5.41) is 9.41. The minimum Gasteiger partial charge on any atom is -0.368 e. The molecular formula is C17H35NO3. The van der Waals surface area contributed by atoms with Crippen molar-refractivity contribution in [2.45, 2.75) is 92.6 Å². The maximum atomic E-state index is 13.0. The van der Waals surface area contributed by atoms with E-state index in [4.69, 9.17) is 10.5 Å². The van der Waals surface area contributed by atoms with Crippen molar-refractivity contribution in [3.8, 4) is 0 Å². The third kappa shape index (κ3) is 7.39. The molecule has 0 rings (SSSR count). The number of aliphatic hydroxyl groups excluding tert-OH is 1. The molecule has 1 unspecified atom stereocenters. The normalized spacial score (nSPS) is 16.0. The first kappa shape index (κ1) is 20.6. The number of hydrogen-bond acceptors (Lipinski definition) is 4. The number of hydrogen-bond donors (Lipinski definition) is 2. The third-order valence-corrected chi connectivity index (χ3v) is 3.48. The van der Waals surface area contributed by atoms with Crippen LogP contribution in [0.25, 0.3) is 0 Å². The highest BCUT2D eigenvalue weighted by Gasteiger charge is 2.44. The van der Waals surface area contributed by atoms with Crippen molar-refractivity contribution < 1.29 is 14.6 Å². The fraction of sp³-hybridized carbons (Fsp3) is 0.941. The molecule has 21 heavy (non-hydrogen) atoms. The molecule has 1 atom stereocenters. The van der Waals surface area contributed by atoms with Crippen molar-refractivity contribution in [2.24, 2.45) is 16.6 Å². The summed E-state index contributed by atoms with van der Waals surface area (Å²) in [6, 6.07) is 0. The first-order chi connectivity index (χ1) is 8.99. The lowest BCUT2D eigenvalue weighted by Crippen LogP contribution is -2.47. The van der Waals surface area contributed by atoms with Crippen LogP contribution in [-0.2, 0) is 9.53 Å². The summed E-state index contributed by atoms with van der Waals surface area (Å²) in [6.45, 7) is 17.0. The highest BCUT2D eigenvalue weighted by atomic mass is 16.6. The highest BCUT2D eigenvalue weighted by Crippen LogP contribution is 2.40. The second-order valence-electron chi connectivity index (χ2n) is 8.92. The lowest BCUT2D eigenvalue weighted by molar-refractivity contribution is -0.177. The summed E-state index contributed by atoms with van der Waals surface area (Å²) in [5.41, 5.74) is 4.08. The van der Waals surface area contributed by atoms with Crippen molar-refractivity contribution in [1.82, 2.24) is 0 Å². The highest BCUT2D eigenvalue weighted by molar-refractivity contribution is 5.89. The van der Waals surface area contributed by atoms with Crippen LogP contribution in [0.2, 0.25) is 0 Å². The lowest BCUT2D eigenvalue weighted by Gasteiger charge is -2.40. The van der Waals surface area contributed by atoms with Crippen LogP contribution in [0.15, 0.2) is 0 Å². The molecule has 0 spiro atoms. The van der Waals surface area contributed by atoms with Gasteiger partial charge in [0.25, 0.3) is 0 Å². The van der Waals surface area contributed by atoms with E-state index in [0.717, 1.165) is 0 Å². The third-order valence-electron chi connectivity index (χ3n) is 3.48. The van der Waals surface area contributed by atoms with Crippen molar-refractivity contribution in [2.75, 3.05) is 0 Å². The van der Waals surface area contributed by atoms with E-state index in [9.17, 15) is 9.90 Å². The SMILES string of the molecule is CC(O)OC(C)(C)CC(C)(C)C(=O)C(C)(C)CC(C)(C)N. The van der Waals surface area contributed by atoms with Crippen LogP contribution in [0, 0.1) is 10.8 Å². The molecule has 0 saturated heterocycles. The number of aliphatic hydroxyl groups is 1. The Morgan fingerprint density at radius 2 is 1.38 bits per heavy atom. The molecule has 0 radical (unpaired) electrons. The van der Waals surface area contributed by atoms with E-state index >= 15 is 0 Å². The zero-order chi connectivity index (χ0) is 17.3. The summed E-state index contributed by atoms with van der Waals surface area (Å²) in [6.07, 6.45) is 0.319. The second-order valence-corrected chi connectivity index (χ2v) is 8.92. The van der Waals surface area contributed by atoms with Gasteiger partial charge >= 0.3 is 0 Å². The van der Waals surface area contributed by atoms with Gasteiger partial charge in [-0.25, -0.2) is 0 Å². The Kier molecular flexibility index (Phi) is 6.21. The minimum atomic E-state index is -0.845.